The van der Waals surface area contributed by atoms with Gasteiger partial charge in [-0.2, -0.15) is 8.42 Å². The van der Waals surface area contributed by atoms with E-state index in [9.17, 15) is 18.3 Å². The number of hydrogen-bond donors (Lipinski definition) is 1. The number of benzene rings is 3. The number of anilines is 1. The molecule has 7 nitrogen and oxygen atoms in total. The van der Waals surface area contributed by atoms with E-state index in [1.807, 2.05) is 25.1 Å². The minimum absolute atomic E-state index is 0.0216. The van der Waals surface area contributed by atoms with Crippen molar-refractivity contribution in [3.63, 3.8) is 0 Å². The number of para-hydroxylation sites is 1. The van der Waals surface area contributed by atoms with E-state index in [2.05, 4.69) is 11.0 Å². The maximum absolute atomic E-state index is 15.2. The SMILES string of the molecule is Cc1ccc(S(=O)(=O)OCC2CC3CN(C(=O)Cc4ccccc4N4CCCC4)CC3C(O)(c3ccccc3F)C2)cc1. The normalized spacial score (nSPS) is 25.6. The number of carbonyl (C=O) groups is 1. The summed E-state index contributed by atoms with van der Waals surface area (Å²) in [6.45, 7) is 4.45. The molecule has 4 unspecified atom stereocenters. The van der Waals surface area contributed by atoms with Crippen LogP contribution in [0.15, 0.2) is 77.7 Å². The third-order valence-corrected chi connectivity index (χ3v) is 10.8. The van der Waals surface area contributed by atoms with Crippen molar-refractivity contribution in [2.45, 2.75) is 49.5 Å². The van der Waals surface area contributed by atoms with Crippen molar-refractivity contribution < 1.29 is 26.9 Å². The largest absolute Gasteiger partial charge is 0.385 e. The monoisotopic (exact) mass is 606 g/mol. The molecule has 9 heteroatoms. The van der Waals surface area contributed by atoms with Crippen molar-refractivity contribution in [2.75, 3.05) is 37.7 Å². The van der Waals surface area contributed by atoms with E-state index >= 15 is 4.39 Å². The van der Waals surface area contributed by atoms with E-state index in [0.29, 0.717) is 19.5 Å². The van der Waals surface area contributed by atoms with Crippen LogP contribution >= 0.6 is 0 Å². The molecule has 1 aliphatic carbocycles. The van der Waals surface area contributed by atoms with Gasteiger partial charge in [-0.1, -0.05) is 54.1 Å². The molecule has 0 radical (unpaired) electrons. The van der Waals surface area contributed by atoms with E-state index in [1.165, 1.54) is 18.2 Å². The average molecular weight is 607 g/mol. The van der Waals surface area contributed by atoms with Crippen LogP contribution in [0.1, 0.15) is 42.4 Å². The number of amides is 1. The minimum atomic E-state index is -4.00. The number of rotatable bonds is 8. The zero-order valence-corrected chi connectivity index (χ0v) is 25.3. The second-order valence-electron chi connectivity index (χ2n) is 12.4. The lowest BCUT2D eigenvalue weighted by molar-refractivity contribution is -0.130. The third kappa shape index (κ3) is 6.08. The Morgan fingerprint density at radius 3 is 2.44 bits per heavy atom. The molecule has 43 heavy (non-hydrogen) atoms. The molecule has 1 saturated carbocycles. The number of hydrogen-bond acceptors (Lipinski definition) is 6. The predicted octanol–water partition coefficient (Wildman–Crippen LogP) is 5.05. The summed E-state index contributed by atoms with van der Waals surface area (Å²) in [6, 6.07) is 20.7. The van der Waals surface area contributed by atoms with Crippen molar-refractivity contribution in [1.82, 2.24) is 4.90 Å². The topological polar surface area (TPSA) is 87.2 Å². The molecule has 3 aliphatic rings. The predicted molar refractivity (Wildman–Crippen MR) is 162 cm³/mol. The van der Waals surface area contributed by atoms with Crippen LogP contribution < -0.4 is 4.90 Å². The van der Waals surface area contributed by atoms with E-state index in [1.54, 1.807) is 35.2 Å². The van der Waals surface area contributed by atoms with Crippen molar-refractivity contribution in [2.24, 2.45) is 17.8 Å². The number of halogens is 1. The lowest BCUT2D eigenvalue weighted by atomic mass is 9.64. The summed E-state index contributed by atoms with van der Waals surface area (Å²) in [5, 5.41) is 12.2. The van der Waals surface area contributed by atoms with Gasteiger partial charge in [-0.3, -0.25) is 8.98 Å². The fraction of sp³-hybridized carbons (Fsp3) is 0.441. The molecule has 2 saturated heterocycles. The van der Waals surface area contributed by atoms with Gasteiger partial charge in [0.1, 0.15) is 5.82 Å². The van der Waals surface area contributed by atoms with E-state index < -0.39 is 21.5 Å². The zero-order chi connectivity index (χ0) is 30.2. The lowest BCUT2D eigenvalue weighted by Gasteiger charge is -2.44. The number of fused-ring (bicyclic) bond motifs is 1. The molecular weight excluding hydrogens is 567 g/mol. The third-order valence-electron chi connectivity index (χ3n) is 9.53. The summed E-state index contributed by atoms with van der Waals surface area (Å²) in [5.41, 5.74) is 1.64. The number of nitrogens with zero attached hydrogens (tertiary/aromatic N) is 2. The zero-order valence-electron chi connectivity index (χ0n) is 24.5. The van der Waals surface area contributed by atoms with Crippen LogP contribution in [-0.4, -0.2) is 57.1 Å². The van der Waals surface area contributed by atoms with Crippen molar-refractivity contribution in [3.8, 4) is 0 Å². The molecule has 0 aromatic heterocycles. The Bertz CT molecular complexity index is 1570. The summed E-state index contributed by atoms with van der Waals surface area (Å²) < 4.78 is 46.6. The number of carbonyl (C=O) groups excluding carboxylic acids is 1. The average Bonchev–Trinajstić information content (AvgIpc) is 3.68. The van der Waals surface area contributed by atoms with Crippen LogP contribution in [0.25, 0.3) is 0 Å². The van der Waals surface area contributed by atoms with Crippen molar-refractivity contribution in [3.05, 3.63) is 95.3 Å². The Morgan fingerprint density at radius 2 is 1.70 bits per heavy atom. The molecule has 3 aromatic carbocycles. The molecule has 1 N–H and O–H groups in total. The Balaban J connectivity index is 1.22. The van der Waals surface area contributed by atoms with Gasteiger partial charge < -0.3 is 14.9 Å². The molecule has 2 heterocycles. The van der Waals surface area contributed by atoms with E-state index in [-0.39, 0.29) is 53.6 Å². The highest BCUT2D eigenvalue weighted by atomic mass is 32.2. The Hall–Kier alpha value is -3.27. The highest BCUT2D eigenvalue weighted by Gasteiger charge is 2.54. The van der Waals surface area contributed by atoms with Gasteiger partial charge in [-0.05, 0) is 74.3 Å². The van der Waals surface area contributed by atoms with Gasteiger partial charge in [0, 0.05) is 43.3 Å². The quantitative estimate of drug-likeness (QED) is 0.361. The van der Waals surface area contributed by atoms with Crippen molar-refractivity contribution >= 4 is 21.7 Å². The lowest BCUT2D eigenvalue weighted by Crippen LogP contribution is -2.47. The summed E-state index contributed by atoms with van der Waals surface area (Å²) in [4.78, 5) is 17.9. The van der Waals surface area contributed by atoms with Crippen LogP contribution in [0.2, 0.25) is 0 Å². The van der Waals surface area contributed by atoms with Gasteiger partial charge in [0.2, 0.25) is 5.91 Å². The number of aryl methyl sites for hydroxylation is 1. The first-order valence-corrected chi connectivity index (χ1v) is 16.6. The summed E-state index contributed by atoms with van der Waals surface area (Å²) in [5.74, 6) is -1.40. The maximum Gasteiger partial charge on any atom is 0.296 e. The maximum atomic E-state index is 15.2. The second-order valence-corrected chi connectivity index (χ2v) is 14.0. The molecule has 1 amide bonds. The van der Waals surface area contributed by atoms with Gasteiger partial charge >= 0.3 is 0 Å². The van der Waals surface area contributed by atoms with Crippen molar-refractivity contribution in [1.29, 1.82) is 0 Å². The summed E-state index contributed by atoms with van der Waals surface area (Å²) >= 11 is 0. The molecule has 3 aromatic rings. The first-order valence-electron chi connectivity index (χ1n) is 15.2. The molecular formula is C34H39FN2O5S. The second kappa shape index (κ2) is 12.0. The fourth-order valence-electron chi connectivity index (χ4n) is 7.37. The summed E-state index contributed by atoms with van der Waals surface area (Å²) in [6.07, 6.45) is 3.25. The molecule has 2 aliphatic heterocycles. The van der Waals surface area contributed by atoms with Crippen LogP contribution in [-0.2, 0) is 31.1 Å². The van der Waals surface area contributed by atoms with Gasteiger partial charge in [0.25, 0.3) is 10.1 Å². The minimum Gasteiger partial charge on any atom is -0.385 e. The van der Waals surface area contributed by atoms with Gasteiger partial charge in [0.15, 0.2) is 0 Å². The smallest absolute Gasteiger partial charge is 0.296 e. The van der Waals surface area contributed by atoms with E-state index in [0.717, 1.165) is 42.7 Å². The molecule has 4 atom stereocenters. The Morgan fingerprint density at radius 1 is 1.00 bits per heavy atom. The number of likely N-dealkylation sites (tertiary alicyclic amines) is 1. The number of aliphatic hydroxyl groups is 1. The molecule has 3 fully saturated rings. The van der Waals surface area contributed by atoms with Crippen LogP contribution in [0.3, 0.4) is 0 Å². The fourth-order valence-corrected chi connectivity index (χ4v) is 8.34. The molecule has 228 valence electrons. The standard InChI is InChI=1S/C34H39FN2O5S/c1-24-12-14-28(15-13-24)43(40,41)42-23-25-18-27-21-37(22-30(27)34(39,20-25)29-9-3-4-10-31(29)35)33(38)19-26-8-2-5-11-32(26)36-16-6-7-17-36/h2-5,8-15,25,27,30,39H,6-7,16-23H2,1H3. The van der Waals surface area contributed by atoms with Gasteiger partial charge in [-0.25, -0.2) is 4.39 Å². The molecule has 0 bridgehead atoms. The van der Waals surface area contributed by atoms with Crippen LogP contribution in [0, 0.1) is 30.5 Å². The molecule has 6 rings (SSSR count). The van der Waals surface area contributed by atoms with Crippen LogP contribution in [0.4, 0.5) is 10.1 Å². The van der Waals surface area contributed by atoms with Gasteiger partial charge in [-0.15, -0.1) is 0 Å². The van der Waals surface area contributed by atoms with Crippen LogP contribution in [0.5, 0.6) is 0 Å². The first kappa shape index (κ1) is 29.8. The Labute approximate surface area is 253 Å². The highest BCUT2D eigenvalue weighted by Crippen LogP contribution is 2.51. The van der Waals surface area contributed by atoms with Gasteiger partial charge in [0.05, 0.1) is 23.5 Å². The Kier molecular flexibility index (Phi) is 8.33. The molecule has 0 spiro atoms. The van der Waals surface area contributed by atoms with E-state index in [4.69, 9.17) is 4.18 Å². The summed E-state index contributed by atoms with van der Waals surface area (Å²) in [7, 11) is -4.00. The highest BCUT2D eigenvalue weighted by molar-refractivity contribution is 7.86. The first-order chi connectivity index (χ1) is 20.6.